The molecule has 2 rings (SSSR count). The lowest BCUT2D eigenvalue weighted by Gasteiger charge is -2.09. The zero-order chi connectivity index (χ0) is 15.1. The van der Waals surface area contributed by atoms with Crippen LogP contribution in [-0.4, -0.2) is 18.9 Å². The highest BCUT2D eigenvalue weighted by Crippen LogP contribution is 2.16. The Hall–Kier alpha value is -2.34. The molecule has 2 amide bonds. The summed E-state index contributed by atoms with van der Waals surface area (Å²) in [7, 11) is 1.56. The van der Waals surface area contributed by atoms with Gasteiger partial charge in [0.2, 0.25) is 0 Å². The van der Waals surface area contributed by atoms with E-state index >= 15 is 0 Å². The molecule has 0 radical (unpaired) electrons. The van der Waals surface area contributed by atoms with Crippen molar-refractivity contribution in [1.82, 2.24) is 10.6 Å². The maximum Gasteiger partial charge on any atom is 0.309 e. The van der Waals surface area contributed by atoms with Crippen LogP contribution in [0.25, 0.3) is 0 Å². The average molecular weight is 304 g/mol. The molecule has 110 valence electrons. The van der Waals surface area contributed by atoms with Gasteiger partial charge in [-0.3, -0.25) is 9.59 Å². The number of carbonyl (C=O) groups excluding carboxylic acids is 2. The van der Waals surface area contributed by atoms with Crippen molar-refractivity contribution in [3.63, 3.8) is 0 Å². The minimum Gasteiger partial charge on any atom is -0.496 e. The average Bonchev–Trinajstić information content (AvgIpc) is 3.03. The molecular weight excluding hydrogens is 288 g/mol. The molecule has 0 saturated heterocycles. The Kier molecular flexibility index (Phi) is 5.34. The largest absolute Gasteiger partial charge is 0.496 e. The molecule has 0 spiro atoms. The minimum absolute atomic E-state index is 0.245. The van der Waals surface area contributed by atoms with Crippen LogP contribution in [0.3, 0.4) is 0 Å². The molecule has 0 atom stereocenters. The van der Waals surface area contributed by atoms with Crippen LogP contribution >= 0.6 is 11.3 Å². The number of para-hydroxylation sites is 1. The minimum atomic E-state index is -0.655. The SMILES string of the molecule is COc1ccccc1CNC(=O)C(=O)NCc1cccs1. The Morgan fingerprint density at radius 3 is 2.43 bits per heavy atom. The van der Waals surface area contributed by atoms with Crippen molar-refractivity contribution in [3.05, 3.63) is 52.2 Å². The fourth-order valence-electron chi connectivity index (χ4n) is 1.77. The fourth-order valence-corrected chi connectivity index (χ4v) is 2.41. The molecule has 2 N–H and O–H groups in total. The van der Waals surface area contributed by atoms with Gasteiger partial charge in [-0.1, -0.05) is 24.3 Å². The fraction of sp³-hybridized carbons (Fsp3) is 0.200. The first kappa shape index (κ1) is 15.1. The van der Waals surface area contributed by atoms with Crippen molar-refractivity contribution in [2.45, 2.75) is 13.1 Å². The van der Waals surface area contributed by atoms with Gasteiger partial charge in [-0.2, -0.15) is 0 Å². The van der Waals surface area contributed by atoms with Crippen LogP contribution < -0.4 is 15.4 Å². The van der Waals surface area contributed by atoms with Crippen LogP contribution in [0, 0.1) is 0 Å². The van der Waals surface area contributed by atoms with Gasteiger partial charge >= 0.3 is 11.8 Å². The molecule has 0 aliphatic carbocycles. The van der Waals surface area contributed by atoms with Crippen LogP contribution in [0.5, 0.6) is 5.75 Å². The van der Waals surface area contributed by atoms with E-state index in [0.717, 1.165) is 10.4 Å². The number of benzene rings is 1. The molecule has 5 nitrogen and oxygen atoms in total. The van der Waals surface area contributed by atoms with Gasteiger partial charge in [-0.15, -0.1) is 11.3 Å². The number of rotatable bonds is 5. The van der Waals surface area contributed by atoms with Crippen LogP contribution in [0.2, 0.25) is 0 Å². The van der Waals surface area contributed by atoms with Crippen LogP contribution in [-0.2, 0) is 22.7 Å². The van der Waals surface area contributed by atoms with Gasteiger partial charge < -0.3 is 15.4 Å². The van der Waals surface area contributed by atoms with Gasteiger partial charge in [-0.05, 0) is 17.5 Å². The van der Waals surface area contributed by atoms with Crippen molar-refractivity contribution in [1.29, 1.82) is 0 Å². The summed E-state index contributed by atoms with van der Waals surface area (Å²) in [5.41, 5.74) is 0.819. The van der Waals surface area contributed by atoms with Crippen molar-refractivity contribution in [2.75, 3.05) is 7.11 Å². The normalized spacial score (nSPS) is 9.95. The topological polar surface area (TPSA) is 67.4 Å². The molecule has 1 aromatic carbocycles. The Balaban J connectivity index is 1.82. The van der Waals surface area contributed by atoms with Gasteiger partial charge in [0.15, 0.2) is 0 Å². The number of hydrogen-bond acceptors (Lipinski definition) is 4. The highest BCUT2D eigenvalue weighted by Gasteiger charge is 2.13. The highest BCUT2D eigenvalue weighted by atomic mass is 32.1. The second-order valence-electron chi connectivity index (χ2n) is 4.26. The summed E-state index contributed by atoms with van der Waals surface area (Å²) in [6.45, 7) is 0.605. The number of ether oxygens (including phenoxy) is 1. The first-order valence-corrected chi connectivity index (χ1v) is 7.29. The number of hydrogen-bond donors (Lipinski definition) is 2. The predicted octanol–water partition coefficient (Wildman–Crippen LogP) is 1.69. The number of amides is 2. The summed E-state index contributed by atoms with van der Waals surface area (Å²) >= 11 is 1.53. The molecule has 0 aliphatic heterocycles. The molecule has 0 aliphatic rings. The molecule has 6 heteroatoms. The van der Waals surface area contributed by atoms with Gasteiger partial charge in [0.05, 0.1) is 13.7 Å². The maximum atomic E-state index is 11.7. The van der Waals surface area contributed by atoms with Gasteiger partial charge in [-0.25, -0.2) is 0 Å². The van der Waals surface area contributed by atoms with Crippen LogP contribution in [0.1, 0.15) is 10.4 Å². The lowest BCUT2D eigenvalue weighted by Crippen LogP contribution is -2.39. The zero-order valence-corrected chi connectivity index (χ0v) is 12.4. The molecule has 0 unspecified atom stereocenters. The van der Waals surface area contributed by atoms with Crippen LogP contribution in [0.15, 0.2) is 41.8 Å². The van der Waals surface area contributed by atoms with E-state index in [1.54, 1.807) is 13.2 Å². The standard InChI is InChI=1S/C15H16N2O3S/c1-20-13-7-3-2-5-11(13)9-16-14(18)15(19)17-10-12-6-4-8-21-12/h2-8H,9-10H2,1H3,(H,16,18)(H,17,19). The Labute approximate surface area is 126 Å². The third-order valence-corrected chi connectivity index (χ3v) is 3.72. The molecule has 0 saturated carbocycles. The molecule has 2 aromatic rings. The molecular formula is C15H16N2O3S. The summed E-state index contributed by atoms with van der Waals surface area (Å²) < 4.78 is 5.18. The highest BCUT2D eigenvalue weighted by molar-refractivity contribution is 7.09. The number of nitrogens with one attached hydrogen (secondary N) is 2. The quantitative estimate of drug-likeness (QED) is 0.826. The van der Waals surface area contributed by atoms with Crippen molar-refractivity contribution in [2.24, 2.45) is 0 Å². The second-order valence-corrected chi connectivity index (χ2v) is 5.29. The van der Waals surface area contributed by atoms with E-state index in [4.69, 9.17) is 4.74 Å². The van der Waals surface area contributed by atoms with Gasteiger partial charge in [0.1, 0.15) is 5.75 Å². The van der Waals surface area contributed by atoms with Crippen molar-refractivity contribution in [3.8, 4) is 5.75 Å². The summed E-state index contributed by atoms with van der Waals surface area (Å²) in [6.07, 6.45) is 0. The molecule has 21 heavy (non-hydrogen) atoms. The number of carbonyl (C=O) groups is 2. The van der Waals surface area contributed by atoms with E-state index in [2.05, 4.69) is 10.6 Å². The predicted molar refractivity (Wildman–Crippen MR) is 81.0 cm³/mol. The molecule has 0 fully saturated rings. The molecule has 1 heterocycles. The smallest absolute Gasteiger partial charge is 0.309 e. The second kappa shape index (κ2) is 7.44. The first-order valence-electron chi connectivity index (χ1n) is 6.41. The van der Waals surface area contributed by atoms with E-state index in [0.29, 0.717) is 12.3 Å². The Morgan fingerprint density at radius 1 is 1.05 bits per heavy atom. The molecule has 1 aromatic heterocycles. The van der Waals surface area contributed by atoms with E-state index in [1.165, 1.54) is 11.3 Å². The maximum absolute atomic E-state index is 11.7. The monoisotopic (exact) mass is 304 g/mol. The van der Waals surface area contributed by atoms with Crippen molar-refractivity contribution < 1.29 is 14.3 Å². The van der Waals surface area contributed by atoms with Crippen molar-refractivity contribution >= 4 is 23.2 Å². The number of methoxy groups -OCH3 is 1. The summed E-state index contributed by atoms with van der Waals surface area (Å²) in [6, 6.07) is 11.1. The summed E-state index contributed by atoms with van der Waals surface area (Å²) in [5.74, 6) is -0.618. The van der Waals surface area contributed by atoms with E-state index in [1.807, 2.05) is 35.7 Å². The van der Waals surface area contributed by atoms with E-state index < -0.39 is 11.8 Å². The van der Waals surface area contributed by atoms with Gasteiger partial charge in [0.25, 0.3) is 0 Å². The van der Waals surface area contributed by atoms with E-state index in [-0.39, 0.29) is 6.54 Å². The number of thiophene rings is 1. The Bertz CT molecular complexity index is 611. The molecule has 0 bridgehead atoms. The third-order valence-electron chi connectivity index (χ3n) is 2.84. The van der Waals surface area contributed by atoms with Crippen LogP contribution in [0.4, 0.5) is 0 Å². The lowest BCUT2D eigenvalue weighted by molar-refractivity contribution is -0.139. The summed E-state index contributed by atoms with van der Waals surface area (Å²) in [5, 5.41) is 7.07. The van der Waals surface area contributed by atoms with E-state index in [9.17, 15) is 9.59 Å². The zero-order valence-electron chi connectivity index (χ0n) is 11.6. The van der Waals surface area contributed by atoms with Gasteiger partial charge in [0, 0.05) is 17.0 Å². The third kappa shape index (κ3) is 4.32. The lowest BCUT2D eigenvalue weighted by atomic mass is 10.2. The Morgan fingerprint density at radius 2 is 1.76 bits per heavy atom. The summed E-state index contributed by atoms with van der Waals surface area (Å²) in [4.78, 5) is 24.4. The first-order chi connectivity index (χ1) is 10.2.